The summed E-state index contributed by atoms with van der Waals surface area (Å²) in [5.41, 5.74) is 3.84. The minimum absolute atomic E-state index is 0.482. The molecule has 174 valence electrons. The van der Waals surface area contributed by atoms with Gasteiger partial charge < -0.3 is 19.7 Å². The Morgan fingerprint density at radius 1 is 1.00 bits per heavy atom. The Hall–Kier alpha value is -3.48. The summed E-state index contributed by atoms with van der Waals surface area (Å²) in [4.78, 5) is 19.9. The summed E-state index contributed by atoms with van der Waals surface area (Å²) < 4.78 is 5.93. The zero-order valence-corrected chi connectivity index (χ0v) is 19.4. The number of anilines is 1. The average molecular weight is 476 g/mol. The fourth-order valence-electron chi connectivity index (χ4n) is 4.56. The van der Waals surface area contributed by atoms with Crippen molar-refractivity contribution < 1.29 is 14.6 Å². The monoisotopic (exact) mass is 475 g/mol. The van der Waals surface area contributed by atoms with Gasteiger partial charge in [0.25, 0.3) is 0 Å². The quantitative estimate of drug-likeness (QED) is 0.377. The summed E-state index contributed by atoms with van der Waals surface area (Å²) >= 11 is 6.01. The number of H-pyrrole nitrogens is 1. The smallest absolute Gasteiger partial charge is 0.325 e. The van der Waals surface area contributed by atoms with Gasteiger partial charge in [0.05, 0.1) is 0 Å². The summed E-state index contributed by atoms with van der Waals surface area (Å²) in [6.45, 7) is 3.31. The molecule has 0 spiro atoms. The topological polar surface area (TPSA) is 68.8 Å². The molecule has 1 aliphatic heterocycles. The lowest BCUT2D eigenvalue weighted by molar-refractivity contribution is -0.143. The van der Waals surface area contributed by atoms with Gasteiger partial charge in [-0.25, -0.2) is 0 Å². The molecule has 1 atom stereocenters. The van der Waals surface area contributed by atoms with Gasteiger partial charge >= 0.3 is 5.97 Å². The van der Waals surface area contributed by atoms with Crippen LogP contribution in [0.5, 0.6) is 5.75 Å². The van der Waals surface area contributed by atoms with Gasteiger partial charge in [-0.3, -0.25) is 9.69 Å². The number of benzene rings is 3. The van der Waals surface area contributed by atoms with Crippen LogP contribution in [0, 0.1) is 0 Å². The Morgan fingerprint density at radius 3 is 2.44 bits per heavy atom. The predicted molar refractivity (Wildman–Crippen MR) is 135 cm³/mol. The van der Waals surface area contributed by atoms with Gasteiger partial charge in [0.15, 0.2) is 0 Å². The third kappa shape index (κ3) is 4.74. The van der Waals surface area contributed by atoms with Crippen molar-refractivity contribution in [2.24, 2.45) is 0 Å². The van der Waals surface area contributed by atoms with Crippen molar-refractivity contribution in [3.63, 3.8) is 0 Å². The molecular weight excluding hydrogens is 450 g/mol. The number of hydrogen-bond acceptors (Lipinski definition) is 4. The molecule has 0 bridgehead atoms. The number of ether oxygens (including phenoxy) is 1. The minimum atomic E-state index is -0.842. The summed E-state index contributed by atoms with van der Waals surface area (Å²) in [5, 5.41) is 11.7. The van der Waals surface area contributed by atoms with Gasteiger partial charge in [-0.15, -0.1) is 0 Å². The summed E-state index contributed by atoms with van der Waals surface area (Å²) in [6, 6.07) is 22.8. The van der Waals surface area contributed by atoms with E-state index in [1.54, 1.807) is 0 Å². The van der Waals surface area contributed by atoms with E-state index in [0.717, 1.165) is 46.6 Å². The Bertz CT molecular complexity index is 1270. The van der Waals surface area contributed by atoms with E-state index in [1.165, 1.54) is 0 Å². The number of aliphatic carboxylic acids is 1. The van der Waals surface area contributed by atoms with Crippen LogP contribution >= 0.6 is 11.6 Å². The highest BCUT2D eigenvalue weighted by Gasteiger charge is 2.32. The van der Waals surface area contributed by atoms with Crippen LogP contribution < -0.4 is 9.64 Å². The molecule has 2 N–H and O–H groups in total. The Labute approximate surface area is 203 Å². The predicted octanol–water partition coefficient (Wildman–Crippen LogP) is 5.35. The molecule has 0 unspecified atom stereocenters. The second-order valence-electron chi connectivity index (χ2n) is 8.47. The van der Waals surface area contributed by atoms with Gasteiger partial charge in [0.1, 0.15) is 18.4 Å². The molecule has 0 saturated carbocycles. The third-order valence-corrected chi connectivity index (χ3v) is 6.59. The molecular formula is C27H26ClN3O3. The first-order valence-corrected chi connectivity index (χ1v) is 11.7. The van der Waals surface area contributed by atoms with Crippen LogP contribution in [-0.2, 0) is 11.4 Å². The number of nitrogens with zero attached hydrogens (tertiary/aromatic N) is 2. The molecule has 1 fully saturated rings. The number of carboxylic acids is 1. The number of piperazine rings is 1. The number of hydrogen-bond donors (Lipinski definition) is 2. The molecule has 34 heavy (non-hydrogen) atoms. The lowest BCUT2D eigenvalue weighted by Gasteiger charge is -2.38. The molecule has 0 radical (unpaired) electrons. The number of carboxylic acid groups (broad SMARTS) is 1. The molecule has 1 aromatic heterocycles. The highest BCUT2D eigenvalue weighted by Crippen LogP contribution is 2.32. The maximum Gasteiger partial charge on any atom is 0.325 e. The van der Waals surface area contributed by atoms with Gasteiger partial charge in [-0.1, -0.05) is 41.9 Å². The van der Waals surface area contributed by atoms with Crippen molar-refractivity contribution in [1.82, 2.24) is 9.88 Å². The van der Waals surface area contributed by atoms with E-state index >= 15 is 0 Å². The summed E-state index contributed by atoms with van der Waals surface area (Å²) in [6.07, 6.45) is 1.82. The highest BCUT2D eigenvalue weighted by molar-refractivity contribution is 6.30. The van der Waals surface area contributed by atoms with Gasteiger partial charge in [0.2, 0.25) is 0 Å². The second-order valence-corrected chi connectivity index (χ2v) is 8.90. The van der Waals surface area contributed by atoms with E-state index < -0.39 is 12.0 Å². The normalized spacial score (nSPS) is 15.4. The summed E-state index contributed by atoms with van der Waals surface area (Å²) in [5.74, 6) is -0.0987. The maximum atomic E-state index is 12.3. The Kier molecular flexibility index (Phi) is 6.43. The van der Waals surface area contributed by atoms with Crippen molar-refractivity contribution in [3.8, 4) is 5.75 Å². The first-order valence-electron chi connectivity index (χ1n) is 11.3. The van der Waals surface area contributed by atoms with E-state index in [4.69, 9.17) is 16.3 Å². The number of nitrogens with one attached hydrogen (secondary N) is 1. The largest absolute Gasteiger partial charge is 0.489 e. The van der Waals surface area contributed by atoms with Crippen LogP contribution in [0.4, 0.5) is 5.69 Å². The van der Waals surface area contributed by atoms with Crippen LogP contribution in [0.3, 0.4) is 0 Å². The number of aromatic amines is 1. The standard InChI is InChI=1S/C27H26ClN3O3/c28-20-6-8-21(9-7-20)30-12-14-31(15-13-30)26(27(32)33)24-17-29-25-16-22(10-11-23(24)25)34-18-19-4-2-1-3-5-19/h1-11,16-17,26,29H,12-15,18H2,(H,32,33)/t26-/m1/s1. The first kappa shape index (κ1) is 22.3. The number of aromatic nitrogens is 1. The third-order valence-electron chi connectivity index (χ3n) is 6.33. The first-order chi connectivity index (χ1) is 16.6. The van der Waals surface area contributed by atoms with Crippen molar-refractivity contribution in [3.05, 3.63) is 95.1 Å². The number of halogens is 1. The van der Waals surface area contributed by atoms with Crippen molar-refractivity contribution in [2.75, 3.05) is 31.1 Å². The Morgan fingerprint density at radius 2 is 1.74 bits per heavy atom. The van der Waals surface area contributed by atoms with E-state index in [-0.39, 0.29) is 0 Å². The molecule has 0 aliphatic carbocycles. The van der Waals surface area contributed by atoms with E-state index in [2.05, 4.69) is 9.88 Å². The van der Waals surface area contributed by atoms with Gasteiger partial charge in [-0.2, -0.15) is 0 Å². The molecule has 4 aromatic rings. The van der Waals surface area contributed by atoms with Crippen LogP contribution in [0.15, 0.2) is 79.0 Å². The van der Waals surface area contributed by atoms with E-state index in [9.17, 15) is 9.90 Å². The van der Waals surface area contributed by atoms with E-state index in [1.807, 2.05) is 83.9 Å². The van der Waals surface area contributed by atoms with Crippen molar-refractivity contribution in [2.45, 2.75) is 12.6 Å². The van der Waals surface area contributed by atoms with Crippen molar-refractivity contribution in [1.29, 1.82) is 0 Å². The zero-order valence-electron chi connectivity index (χ0n) is 18.7. The number of rotatable bonds is 7. The Balaban J connectivity index is 1.30. The molecule has 2 heterocycles. The van der Waals surface area contributed by atoms with Crippen LogP contribution in [0.25, 0.3) is 10.9 Å². The van der Waals surface area contributed by atoms with Crippen molar-refractivity contribution >= 4 is 34.2 Å². The zero-order chi connectivity index (χ0) is 23.5. The molecule has 7 heteroatoms. The molecule has 5 rings (SSSR count). The molecule has 6 nitrogen and oxygen atoms in total. The molecule has 1 saturated heterocycles. The highest BCUT2D eigenvalue weighted by atomic mass is 35.5. The van der Waals surface area contributed by atoms with Gasteiger partial charge in [0, 0.05) is 65.6 Å². The maximum absolute atomic E-state index is 12.3. The lowest BCUT2D eigenvalue weighted by Crippen LogP contribution is -2.49. The molecule has 3 aromatic carbocycles. The van der Waals surface area contributed by atoms with Gasteiger partial charge in [-0.05, 0) is 42.0 Å². The average Bonchev–Trinajstić information content (AvgIpc) is 3.27. The number of fused-ring (bicyclic) bond motifs is 1. The number of carbonyl (C=O) groups is 1. The molecule has 1 aliphatic rings. The fourth-order valence-corrected chi connectivity index (χ4v) is 4.69. The fraction of sp³-hybridized carbons (Fsp3) is 0.222. The van der Waals surface area contributed by atoms with Crippen LogP contribution in [-0.4, -0.2) is 47.1 Å². The minimum Gasteiger partial charge on any atom is -0.489 e. The van der Waals surface area contributed by atoms with Crippen LogP contribution in [0.2, 0.25) is 5.02 Å². The lowest BCUT2D eigenvalue weighted by atomic mass is 10.0. The SMILES string of the molecule is O=C(O)[C@@H](c1c[nH]c2cc(OCc3ccccc3)ccc12)N1CCN(c2ccc(Cl)cc2)CC1. The van der Waals surface area contributed by atoms with E-state index in [0.29, 0.717) is 24.7 Å². The summed E-state index contributed by atoms with van der Waals surface area (Å²) in [7, 11) is 0. The van der Waals surface area contributed by atoms with Crippen LogP contribution in [0.1, 0.15) is 17.2 Å². The second kappa shape index (κ2) is 9.79. The molecule has 0 amide bonds.